The first kappa shape index (κ1) is 23.9. The molecule has 2 heteroatoms. The van der Waals surface area contributed by atoms with E-state index < -0.39 is 0 Å². The predicted octanol–water partition coefficient (Wildman–Crippen LogP) is 11.8. The van der Waals surface area contributed by atoms with E-state index in [0.29, 0.717) is 0 Å². The number of rotatable bonds is 4. The third-order valence-electron chi connectivity index (χ3n) is 8.09. The molecule has 0 atom stereocenters. The van der Waals surface area contributed by atoms with Gasteiger partial charge in [-0.3, -0.25) is 0 Å². The third-order valence-corrected chi connectivity index (χ3v) is 9.22. The van der Waals surface area contributed by atoms with Crippen LogP contribution in [0.2, 0.25) is 0 Å². The van der Waals surface area contributed by atoms with Gasteiger partial charge in [0, 0.05) is 37.1 Å². The van der Waals surface area contributed by atoms with Crippen LogP contribution in [0.3, 0.4) is 0 Å². The summed E-state index contributed by atoms with van der Waals surface area (Å²) >= 11 is 1.87. The second-order valence-electron chi connectivity index (χ2n) is 10.7. The van der Waals surface area contributed by atoms with Crippen molar-refractivity contribution in [1.29, 1.82) is 0 Å². The second-order valence-corrected chi connectivity index (χ2v) is 11.7. The van der Waals surface area contributed by atoms with E-state index in [1.54, 1.807) is 0 Å². The van der Waals surface area contributed by atoms with Crippen molar-refractivity contribution >= 4 is 70.1 Å². The molecule has 0 N–H and O–H groups in total. The van der Waals surface area contributed by atoms with E-state index in [-0.39, 0.29) is 0 Å². The summed E-state index contributed by atoms with van der Waals surface area (Å²) < 4.78 is 2.62. The van der Waals surface area contributed by atoms with Crippen molar-refractivity contribution in [2.45, 2.75) is 6.92 Å². The number of fused-ring (bicyclic) bond motifs is 5. The van der Waals surface area contributed by atoms with E-state index >= 15 is 0 Å². The van der Waals surface area contributed by atoms with Crippen LogP contribution in [0.4, 0.5) is 17.1 Å². The molecule has 0 spiro atoms. The fraction of sp³-hybridized carbons (Fsp3) is 0.0256. The maximum atomic E-state index is 2.44. The number of benzene rings is 7. The van der Waals surface area contributed by atoms with Gasteiger partial charge in [-0.2, -0.15) is 0 Å². The van der Waals surface area contributed by atoms with Gasteiger partial charge in [0.15, 0.2) is 0 Å². The SMILES string of the molecule is Cc1cccc(N(c2ccc3c(c2)sc2ccccc23)c2ccc3ccccc3c2-c2cccc3ccccc23)c1. The molecule has 0 amide bonds. The van der Waals surface area contributed by atoms with Gasteiger partial charge < -0.3 is 4.90 Å². The Bertz CT molecular complexity index is 2230. The summed E-state index contributed by atoms with van der Waals surface area (Å²) in [6, 6.07) is 53.2. The lowest BCUT2D eigenvalue weighted by Gasteiger charge is -2.29. The molecule has 41 heavy (non-hydrogen) atoms. The molecule has 0 unspecified atom stereocenters. The predicted molar refractivity (Wildman–Crippen MR) is 179 cm³/mol. The Labute approximate surface area is 243 Å². The van der Waals surface area contributed by atoms with Crippen LogP contribution in [0.1, 0.15) is 5.56 Å². The number of hydrogen-bond acceptors (Lipinski definition) is 2. The van der Waals surface area contributed by atoms with Crippen LogP contribution in [0.15, 0.2) is 146 Å². The maximum Gasteiger partial charge on any atom is 0.0546 e. The lowest BCUT2D eigenvalue weighted by Crippen LogP contribution is -2.11. The van der Waals surface area contributed by atoms with E-state index in [0.717, 1.165) is 11.4 Å². The molecule has 194 valence electrons. The molecule has 0 fully saturated rings. The summed E-state index contributed by atoms with van der Waals surface area (Å²) in [6.45, 7) is 2.17. The van der Waals surface area contributed by atoms with Crippen molar-refractivity contribution < 1.29 is 0 Å². The molecule has 0 aliphatic heterocycles. The Hall–Kier alpha value is -4.92. The summed E-state index contributed by atoms with van der Waals surface area (Å²) in [7, 11) is 0. The van der Waals surface area contributed by atoms with Crippen molar-refractivity contribution in [2.75, 3.05) is 4.90 Å². The molecule has 0 saturated heterocycles. The van der Waals surface area contributed by atoms with Crippen LogP contribution in [-0.4, -0.2) is 0 Å². The molecule has 1 nitrogen and oxygen atoms in total. The zero-order chi connectivity index (χ0) is 27.3. The third kappa shape index (κ3) is 3.99. The van der Waals surface area contributed by atoms with Crippen LogP contribution < -0.4 is 4.90 Å². The Morgan fingerprint density at radius 2 is 1.12 bits per heavy atom. The number of thiophene rings is 1. The zero-order valence-corrected chi connectivity index (χ0v) is 23.5. The molecule has 0 aliphatic rings. The van der Waals surface area contributed by atoms with E-state index in [4.69, 9.17) is 0 Å². The van der Waals surface area contributed by atoms with Crippen LogP contribution in [0, 0.1) is 6.92 Å². The molecule has 7 aromatic carbocycles. The average Bonchev–Trinajstić information content (AvgIpc) is 3.39. The minimum atomic E-state index is 1.15. The van der Waals surface area contributed by atoms with Crippen molar-refractivity contribution in [1.82, 2.24) is 0 Å². The lowest BCUT2D eigenvalue weighted by atomic mass is 9.91. The Morgan fingerprint density at radius 1 is 0.463 bits per heavy atom. The highest BCUT2D eigenvalue weighted by molar-refractivity contribution is 7.25. The topological polar surface area (TPSA) is 3.24 Å². The zero-order valence-electron chi connectivity index (χ0n) is 22.7. The number of nitrogens with zero attached hydrogens (tertiary/aromatic N) is 1. The minimum absolute atomic E-state index is 1.15. The van der Waals surface area contributed by atoms with E-state index in [1.165, 1.54) is 64.1 Å². The Kier molecular flexibility index (Phi) is 5.61. The van der Waals surface area contributed by atoms with Gasteiger partial charge in [-0.25, -0.2) is 0 Å². The molecular formula is C39H27NS. The molecule has 1 heterocycles. The average molecular weight is 542 g/mol. The fourth-order valence-corrected chi connectivity index (χ4v) is 7.36. The first-order chi connectivity index (χ1) is 20.2. The summed E-state index contributed by atoms with van der Waals surface area (Å²) in [5.74, 6) is 0. The standard InChI is InChI=1S/C39H27NS/c1-26-10-8-14-29(24-26)40(30-21-22-34-33-17-6-7-19-37(33)41-38(34)25-30)36-23-20-28-12-3-5-16-32(28)39(36)35-18-9-13-27-11-2-4-15-31(27)35/h2-25H,1H3. The van der Waals surface area contributed by atoms with Crippen molar-refractivity contribution in [3.05, 3.63) is 151 Å². The van der Waals surface area contributed by atoms with Crippen molar-refractivity contribution in [3.63, 3.8) is 0 Å². The minimum Gasteiger partial charge on any atom is -0.310 e. The molecule has 8 aromatic rings. The lowest BCUT2D eigenvalue weighted by molar-refractivity contribution is 1.28. The van der Waals surface area contributed by atoms with E-state index in [9.17, 15) is 0 Å². The first-order valence-electron chi connectivity index (χ1n) is 14.0. The largest absolute Gasteiger partial charge is 0.310 e. The highest BCUT2D eigenvalue weighted by Crippen LogP contribution is 2.47. The summed E-state index contributed by atoms with van der Waals surface area (Å²) in [6.07, 6.45) is 0. The highest BCUT2D eigenvalue weighted by atomic mass is 32.1. The molecule has 8 rings (SSSR count). The fourth-order valence-electron chi connectivity index (χ4n) is 6.22. The van der Waals surface area contributed by atoms with E-state index in [2.05, 4.69) is 157 Å². The van der Waals surface area contributed by atoms with Gasteiger partial charge in [-0.1, -0.05) is 109 Å². The molecule has 0 radical (unpaired) electrons. The second kappa shape index (κ2) is 9.62. The van der Waals surface area contributed by atoms with Gasteiger partial charge in [-0.05, 0) is 76.0 Å². The first-order valence-corrected chi connectivity index (χ1v) is 14.8. The molecular weight excluding hydrogens is 515 g/mol. The van der Waals surface area contributed by atoms with Gasteiger partial charge >= 0.3 is 0 Å². The molecule has 0 saturated carbocycles. The van der Waals surface area contributed by atoms with Crippen LogP contribution >= 0.6 is 11.3 Å². The van der Waals surface area contributed by atoms with Gasteiger partial charge in [0.2, 0.25) is 0 Å². The summed E-state index contributed by atoms with van der Waals surface area (Å²) in [5, 5.41) is 7.63. The molecule has 0 bridgehead atoms. The highest BCUT2D eigenvalue weighted by Gasteiger charge is 2.21. The quantitative estimate of drug-likeness (QED) is 0.214. The Balaban J connectivity index is 1.46. The van der Waals surface area contributed by atoms with Crippen LogP contribution in [0.5, 0.6) is 0 Å². The van der Waals surface area contributed by atoms with Crippen molar-refractivity contribution in [2.24, 2.45) is 0 Å². The van der Waals surface area contributed by atoms with Crippen LogP contribution in [0.25, 0.3) is 52.8 Å². The summed E-state index contributed by atoms with van der Waals surface area (Å²) in [5.41, 5.74) is 7.22. The van der Waals surface area contributed by atoms with Gasteiger partial charge in [0.05, 0.1) is 5.69 Å². The van der Waals surface area contributed by atoms with Gasteiger partial charge in [0.1, 0.15) is 0 Å². The number of anilines is 3. The molecule has 1 aromatic heterocycles. The van der Waals surface area contributed by atoms with Gasteiger partial charge in [0.25, 0.3) is 0 Å². The smallest absolute Gasteiger partial charge is 0.0546 e. The van der Waals surface area contributed by atoms with E-state index in [1.807, 2.05) is 11.3 Å². The Morgan fingerprint density at radius 3 is 1.98 bits per heavy atom. The van der Waals surface area contributed by atoms with Gasteiger partial charge in [-0.15, -0.1) is 11.3 Å². The summed E-state index contributed by atoms with van der Waals surface area (Å²) in [4.78, 5) is 2.44. The normalized spacial score (nSPS) is 11.5. The molecule has 0 aliphatic carbocycles. The number of hydrogen-bond donors (Lipinski definition) is 0. The van der Waals surface area contributed by atoms with Crippen LogP contribution in [-0.2, 0) is 0 Å². The monoisotopic (exact) mass is 541 g/mol. The maximum absolute atomic E-state index is 2.44. The van der Waals surface area contributed by atoms with Crippen molar-refractivity contribution in [3.8, 4) is 11.1 Å². The number of aryl methyl sites for hydroxylation is 1.